The van der Waals surface area contributed by atoms with Crippen molar-refractivity contribution in [2.24, 2.45) is 5.10 Å². The maximum Gasteiger partial charge on any atom is 0.213 e. The summed E-state index contributed by atoms with van der Waals surface area (Å²) in [6.07, 6.45) is 0.547. The molecule has 0 saturated heterocycles. The highest BCUT2D eigenvalue weighted by Gasteiger charge is 2.40. The van der Waals surface area contributed by atoms with Gasteiger partial charge in [-0.05, 0) is 60.5 Å². The lowest BCUT2D eigenvalue weighted by molar-refractivity contribution is -0.0190. The second-order valence-corrected chi connectivity index (χ2v) is 9.44. The van der Waals surface area contributed by atoms with Gasteiger partial charge >= 0.3 is 0 Å². The molecule has 35 heavy (non-hydrogen) atoms. The number of ether oxygens (including phenoxy) is 2. The topological polar surface area (TPSA) is 34.1 Å². The summed E-state index contributed by atoms with van der Waals surface area (Å²) in [5, 5.41) is 7.89. The molecule has 0 fully saturated rings. The zero-order valence-electron chi connectivity index (χ0n) is 19.4. The second kappa shape index (κ2) is 9.12. The summed E-state index contributed by atoms with van der Waals surface area (Å²) in [6.45, 7) is 2.59. The first-order chi connectivity index (χ1) is 17.1. The van der Waals surface area contributed by atoms with Crippen molar-refractivity contribution in [2.75, 3.05) is 0 Å². The van der Waals surface area contributed by atoms with E-state index in [1.165, 1.54) is 11.1 Å². The molecule has 2 heterocycles. The molecule has 4 aromatic rings. The summed E-state index contributed by atoms with van der Waals surface area (Å²) in [5.74, 6) is 1.73. The number of benzene rings is 4. The third kappa shape index (κ3) is 4.38. The standard InChI is InChI=1S/C30H25ClN2O2/c1-20-6-10-22(11-7-20)27-18-28-26-4-2-3-5-29(26)35-30(33(28)32-27)23-12-16-25(17-13-23)34-19-21-8-14-24(31)15-9-21/h2-17,28,30H,18-19H2,1H3/t28-,30+/m1/s1. The minimum Gasteiger partial charge on any atom is -0.489 e. The van der Waals surface area contributed by atoms with Gasteiger partial charge in [0.05, 0.1) is 11.8 Å². The molecule has 174 valence electrons. The average molecular weight is 481 g/mol. The van der Waals surface area contributed by atoms with Crippen molar-refractivity contribution < 1.29 is 9.47 Å². The zero-order valence-corrected chi connectivity index (χ0v) is 20.2. The number of aryl methyl sites for hydroxylation is 1. The lowest BCUT2D eigenvalue weighted by atomic mass is 9.95. The van der Waals surface area contributed by atoms with Crippen molar-refractivity contribution in [3.8, 4) is 11.5 Å². The van der Waals surface area contributed by atoms with E-state index in [0.29, 0.717) is 6.61 Å². The van der Waals surface area contributed by atoms with Crippen molar-refractivity contribution in [1.82, 2.24) is 5.01 Å². The van der Waals surface area contributed by atoms with Gasteiger partial charge in [0.25, 0.3) is 0 Å². The van der Waals surface area contributed by atoms with Gasteiger partial charge in [-0.25, -0.2) is 5.01 Å². The van der Waals surface area contributed by atoms with Gasteiger partial charge < -0.3 is 9.47 Å². The van der Waals surface area contributed by atoms with Crippen molar-refractivity contribution in [3.05, 3.63) is 130 Å². The number of halogens is 1. The number of fused-ring (bicyclic) bond motifs is 3. The highest BCUT2D eigenvalue weighted by Crippen LogP contribution is 2.47. The highest BCUT2D eigenvalue weighted by molar-refractivity contribution is 6.30. The minimum absolute atomic E-state index is 0.141. The Morgan fingerprint density at radius 2 is 1.66 bits per heavy atom. The molecule has 0 unspecified atom stereocenters. The van der Waals surface area contributed by atoms with Crippen LogP contribution in [0.5, 0.6) is 11.5 Å². The molecule has 4 nitrogen and oxygen atoms in total. The molecule has 0 saturated carbocycles. The van der Waals surface area contributed by atoms with Gasteiger partial charge in [0.2, 0.25) is 6.23 Å². The lowest BCUT2D eigenvalue weighted by Gasteiger charge is -2.38. The number of hydrazone groups is 1. The van der Waals surface area contributed by atoms with E-state index in [0.717, 1.165) is 45.3 Å². The fraction of sp³-hybridized carbons (Fsp3) is 0.167. The Morgan fingerprint density at radius 3 is 2.43 bits per heavy atom. The van der Waals surface area contributed by atoms with E-state index >= 15 is 0 Å². The van der Waals surface area contributed by atoms with Crippen LogP contribution in [0.1, 0.15) is 46.5 Å². The van der Waals surface area contributed by atoms with Gasteiger partial charge in [0.1, 0.15) is 18.1 Å². The van der Waals surface area contributed by atoms with Crippen LogP contribution in [0, 0.1) is 6.92 Å². The van der Waals surface area contributed by atoms with Crippen LogP contribution in [0.25, 0.3) is 0 Å². The summed E-state index contributed by atoms with van der Waals surface area (Å²) in [7, 11) is 0. The smallest absolute Gasteiger partial charge is 0.213 e. The molecular formula is C30H25ClN2O2. The van der Waals surface area contributed by atoms with Crippen molar-refractivity contribution in [2.45, 2.75) is 32.2 Å². The average Bonchev–Trinajstić information content (AvgIpc) is 3.34. The lowest BCUT2D eigenvalue weighted by Crippen LogP contribution is -2.33. The van der Waals surface area contributed by atoms with E-state index in [1.807, 2.05) is 48.5 Å². The maximum atomic E-state index is 6.48. The van der Waals surface area contributed by atoms with Crippen molar-refractivity contribution in [1.29, 1.82) is 0 Å². The van der Waals surface area contributed by atoms with Crippen LogP contribution in [0.3, 0.4) is 0 Å². The first-order valence-electron chi connectivity index (χ1n) is 11.8. The van der Waals surface area contributed by atoms with Gasteiger partial charge in [-0.15, -0.1) is 0 Å². The molecule has 6 rings (SSSR count). The SMILES string of the molecule is Cc1ccc(C2=NN3[C@H](C2)c2ccccc2O[C@H]3c2ccc(OCc3ccc(Cl)cc3)cc2)cc1. The Kier molecular flexibility index (Phi) is 5.67. The molecule has 4 aromatic carbocycles. The Hall–Kier alpha value is -3.76. The van der Waals surface area contributed by atoms with E-state index in [-0.39, 0.29) is 12.3 Å². The minimum atomic E-state index is -0.303. The second-order valence-electron chi connectivity index (χ2n) is 9.00. The Balaban J connectivity index is 1.26. The fourth-order valence-corrected chi connectivity index (χ4v) is 4.78. The van der Waals surface area contributed by atoms with Gasteiger partial charge in [0.15, 0.2) is 0 Å². The number of para-hydroxylation sites is 1. The van der Waals surface area contributed by atoms with Crippen molar-refractivity contribution in [3.63, 3.8) is 0 Å². The van der Waals surface area contributed by atoms with E-state index in [9.17, 15) is 0 Å². The van der Waals surface area contributed by atoms with Crippen LogP contribution in [-0.4, -0.2) is 10.7 Å². The number of nitrogens with zero attached hydrogens (tertiary/aromatic N) is 2. The number of hydrogen-bond donors (Lipinski definition) is 0. The Morgan fingerprint density at radius 1 is 0.914 bits per heavy atom. The van der Waals surface area contributed by atoms with Crippen LogP contribution < -0.4 is 9.47 Å². The van der Waals surface area contributed by atoms with Gasteiger partial charge in [-0.1, -0.05) is 71.8 Å². The molecule has 5 heteroatoms. The number of rotatable bonds is 5. The quantitative estimate of drug-likeness (QED) is 0.297. The summed E-state index contributed by atoms with van der Waals surface area (Å²) >= 11 is 5.97. The monoisotopic (exact) mass is 480 g/mol. The molecule has 0 radical (unpaired) electrons. The number of hydrogen-bond acceptors (Lipinski definition) is 4. The van der Waals surface area contributed by atoms with E-state index in [4.69, 9.17) is 26.2 Å². The molecule has 0 bridgehead atoms. The third-order valence-electron chi connectivity index (χ3n) is 6.57. The molecule has 2 aliphatic rings. The molecule has 0 aromatic heterocycles. The molecule has 0 spiro atoms. The largest absolute Gasteiger partial charge is 0.489 e. The van der Waals surface area contributed by atoms with Crippen LogP contribution in [-0.2, 0) is 6.61 Å². The summed E-state index contributed by atoms with van der Waals surface area (Å²) in [6, 6.07) is 32.8. The molecular weight excluding hydrogens is 456 g/mol. The molecule has 2 aliphatic heterocycles. The summed E-state index contributed by atoms with van der Waals surface area (Å²) in [5.41, 5.74) is 6.78. The van der Waals surface area contributed by atoms with Crippen LogP contribution >= 0.6 is 11.6 Å². The predicted molar refractivity (Wildman–Crippen MR) is 139 cm³/mol. The predicted octanol–water partition coefficient (Wildman–Crippen LogP) is 7.47. The Labute approximate surface area is 210 Å². The van der Waals surface area contributed by atoms with E-state index in [1.54, 1.807) is 0 Å². The van der Waals surface area contributed by atoms with Crippen LogP contribution in [0.15, 0.2) is 102 Å². The molecule has 0 amide bonds. The molecule has 2 atom stereocenters. The van der Waals surface area contributed by atoms with Crippen LogP contribution in [0.4, 0.5) is 0 Å². The van der Waals surface area contributed by atoms with Gasteiger partial charge in [-0.3, -0.25) is 0 Å². The summed E-state index contributed by atoms with van der Waals surface area (Å²) < 4.78 is 12.5. The summed E-state index contributed by atoms with van der Waals surface area (Å²) in [4.78, 5) is 0. The first-order valence-corrected chi connectivity index (χ1v) is 12.2. The van der Waals surface area contributed by atoms with Gasteiger partial charge in [0, 0.05) is 22.6 Å². The van der Waals surface area contributed by atoms with Gasteiger partial charge in [-0.2, -0.15) is 5.10 Å². The van der Waals surface area contributed by atoms with E-state index in [2.05, 4.69) is 60.5 Å². The van der Waals surface area contributed by atoms with E-state index < -0.39 is 0 Å². The maximum absolute atomic E-state index is 6.48. The molecule has 0 aliphatic carbocycles. The normalized spacial score (nSPS) is 18.3. The van der Waals surface area contributed by atoms with Crippen molar-refractivity contribution >= 4 is 17.3 Å². The molecule has 0 N–H and O–H groups in total. The first kappa shape index (κ1) is 21.8. The zero-order chi connectivity index (χ0) is 23.8. The fourth-order valence-electron chi connectivity index (χ4n) is 4.65. The Bertz CT molecular complexity index is 1370. The van der Waals surface area contributed by atoms with Crippen LogP contribution in [0.2, 0.25) is 5.02 Å². The highest BCUT2D eigenvalue weighted by atomic mass is 35.5. The third-order valence-corrected chi connectivity index (χ3v) is 6.82.